The van der Waals surface area contributed by atoms with E-state index in [1.807, 2.05) is 0 Å². The highest BCUT2D eigenvalue weighted by molar-refractivity contribution is 5.99. The van der Waals surface area contributed by atoms with Gasteiger partial charge in [0.15, 0.2) is 0 Å². The first kappa shape index (κ1) is 14.4. The van der Waals surface area contributed by atoms with Crippen LogP contribution in [0.1, 0.15) is 20.8 Å². The molecule has 0 rings (SSSR count). The van der Waals surface area contributed by atoms with E-state index in [2.05, 4.69) is 10.6 Å². The lowest BCUT2D eigenvalue weighted by Gasteiger charge is -2.25. The lowest BCUT2D eigenvalue weighted by Crippen LogP contribution is -2.45. The van der Waals surface area contributed by atoms with Crippen molar-refractivity contribution in [2.24, 2.45) is 11.3 Å². The van der Waals surface area contributed by atoms with E-state index in [9.17, 15) is 14.4 Å². The van der Waals surface area contributed by atoms with Crippen molar-refractivity contribution in [1.82, 2.24) is 10.6 Å². The molecule has 0 aliphatic carbocycles. The van der Waals surface area contributed by atoms with Gasteiger partial charge in [0.1, 0.15) is 5.92 Å². The maximum Gasteiger partial charge on any atom is 0.316 e. The van der Waals surface area contributed by atoms with Gasteiger partial charge in [-0.3, -0.25) is 14.4 Å². The van der Waals surface area contributed by atoms with Crippen LogP contribution in [0, 0.1) is 11.3 Å². The molecule has 0 saturated carbocycles. The van der Waals surface area contributed by atoms with E-state index < -0.39 is 23.2 Å². The predicted molar refractivity (Wildman–Crippen MR) is 57.7 cm³/mol. The highest BCUT2D eigenvalue weighted by atomic mass is 16.4. The molecular formula is C10H18N2O4. The fourth-order valence-corrected chi connectivity index (χ4v) is 1.23. The van der Waals surface area contributed by atoms with Crippen LogP contribution in [0.5, 0.6) is 0 Å². The minimum Gasteiger partial charge on any atom is -0.481 e. The van der Waals surface area contributed by atoms with Crippen LogP contribution in [0.25, 0.3) is 0 Å². The van der Waals surface area contributed by atoms with Gasteiger partial charge >= 0.3 is 5.97 Å². The molecule has 0 bridgehead atoms. The van der Waals surface area contributed by atoms with Gasteiger partial charge in [-0.25, -0.2) is 0 Å². The molecule has 0 spiro atoms. The summed E-state index contributed by atoms with van der Waals surface area (Å²) in [6, 6.07) is 0. The largest absolute Gasteiger partial charge is 0.481 e. The number of hydrogen-bond donors (Lipinski definition) is 3. The number of amides is 2. The second kappa shape index (κ2) is 5.48. The van der Waals surface area contributed by atoms with Gasteiger partial charge in [-0.05, 0) is 5.41 Å². The SMILES string of the molecule is CNC(=O)CNC(=O)C(C(=O)O)C(C)(C)C. The van der Waals surface area contributed by atoms with E-state index in [0.29, 0.717) is 0 Å². The Morgan fingerprint density at radius 2 is 1.75 bits per heavy atom. The fourth-order valence-electron chi connectivity index (χ4n) is 1.23. The van der Waals surface area contributed by atoms with Crippen molar-refractivity contribution in [3.63, 3.8) is 0 Å². The Hall–Kier alpha value is -1.59. The average molecular weight is 230 g/mol. The number of hydrogen-bond acceptors (Lipinski definition) is 3. The number of aliphatic carboxylic acids is 1. The van der Waals surface area contributed by atoms with E-state index in [1.54, 1.807) is 20.8 Å². The average Bonchev–Trinajstić information content (AvgIpc) is 2.11. The van der Waals surface area contributed by atoms with Gasteiger partial charge in [0.05, 0.1) is 6.54 Å². The highest BCUT2D eigenvalue weighted by Crippen LogP contribution is 2.26. The number of carbonyl (C=O) groups is 3. The van der Waals surface area contributed by atoms with Gasteiger partial charge in [-0.2, -0.15) is 0 Å². The molecule has 6 heteroatoms. The van der Waals surface area contributed by atoms with Crippen molar-refractivity contribution in [2.45, 2.75) is 20.8 Å². The molecule has 0 aromatic carbocycles. The molecule has 0 aliphatic rings. The van der Waals surface area contributed by atoms with Crippen molar-refractivity contribution in [2.75, 3.05) is 13.6 Å². The molecule has 0 aromatic rings. The summed E-state index contributed by atoms with van der Waals surface area (Å²) in [5.74, 6) is -3.38. The lowest BCUT2D eigenvalue weighted by atomic mass is 9.80. The molecule has 0 aromatic heterocycles. The Morgan fingerprint density at radius 3 is 2.06 bits per heavy atom. The second-order valence-electron chi connectivity index (χ2n) is 4.53. The van der Waals surface area contributed by atoms with Crippen molar-refractivity contribution in [3.8, 4) is 0 Å². The normalized spacial score (nSPS) is 12.8. The molecule has 0 aliphatic heterocycles. The summed E-state index contributed by atoms with van der Waals surface area (Å²) in [5, 5.41) is 13.6. The third-order valence-electron chi connectivity index (χ3n) is 2.08. The standard InChI is InChI=1S/C10H18N2O4/c1-10(2,3)7(9(15)16)8(14)12-5-6(13)11-4/h7H,5H2,1-4H3,(H,11,13)(H,12,14)(H,15,16). The summed E-state index contributed by atoms with van der Waals surface area (Å²) in [6.45, 7) is 4.76. The molecule has 1 unspecified atom stereocenters. The summed E-state index contributed by atoms with van der Waals surface area (Å²) in [5.41, 5.74) is -0.696. The first-order valence-electron chi connectivity index (χ1n) is 4.91. The molecule has 0 saturated heterocycles. The van der Waals surface area contributed by atoms with Crippen molar-refractivity contribution < 1.29 is 19.5 Å². The second-order valence-corrected chi connectivity index (χ2v) is 4.53. The Kier molecular flexibility index (Phi) is 4.94. The zero-order valence-electron chi connectivity index (χ0n) is 9.96. The number of carboxylic acids is 1. The maximum atomic E-state index is 11.6. The van der Waals surface area contributed by atoms with Gasteiger partial charge in [0.2, 0.25) is 11.8 Å². The minimum absolute atomic E-state index is 0.213. The summed E-state index contributed by atoms with van der Waals surface area (Å²) < 4.78 is 0. The molecule has 92 valence electrons. The van der Waals surface area contributed by atoms with Crippen LogP contribution in [0.4, 0.5) is 0 Å². The summed E-state index contributed by atoms with van der Waals surface area (Å²) in [4.78, 5) is 33.4. The van der Waals surface area contributed by atoms with Crippen molar-refractivity contribution >= 4 is 17.8 Å². The molecule has 3 N–H and O–H groups in total. The third-order valence-corrected chi connectivity index (χ3v) is 2.08. The van der Waals surface area contributed by atoms with Crippen LogP contribution in [0.3, 0.4) is 0 Å². The Bertz CT molecular complexity index is 294. The number of nitrogens with one attached hydrogen (secondary N) is 2. The molecular weight excluding hydrogens is 212 g/mol. The molecule has 16 heavy (non-hydrogen) atoms. The first-order valence-corrected chi connectivity index (χ1v) is 4.91. The zero-order valence-corrected chi connectivity index (χ0v) is 9.96. The Morgan fingerprint density at radius 1 is 1.25 bits per heavy atom. The van der Waals surface area contributed by atoms with Gasteiger partial charge in [-0.1, -0.05) is 20.8 Å². The molecule has 0 radical (unpaired) electrons. The number of carbonyl (C=O) groups excluding carboxylic acids is 2. The Labute approximate surface area is 94.4 Å². The first-order chi connectivity index (χ1) is 7.20. The van der Waals surface area contributed by atoms with Crippen molar-refractivity contribution in [3.05, 3.63) is 0 Å². The van der Waals surface area contributed by atoms with Crippen LogP contribution in [-0.4, -0.2) is 36.5 Å². The van der Waals surface area contributed by atoms with Crippen LogP contribution in [0.2, 0.25) is 0 Å². The number of likely N-dealkylation sites (N-methyl/N-ethyl adjacent to an activating group) is 1. The molecule has 6 nitrogen and oxygen atoms in total. The molecule has 1 atom stereocenters. The molecule has 2 amide bonds. The van der Waals surface area contributed by atoms with E-state index in [-0.39, 0.29) is 12.5 Å². The minimum atomic E-state index is -1.19. The van der Waals surface area contributed by atoms with Crippen molar-refractivity contribution in [1.29, 1.82) is 0 Å². The van der Waals surface area contributed by atoms with E-state index >= 15 is 0 Å². The number of rotatable bonds is 4. The lowest BCUT2D eigenvalue weighted by molar-refractivity contribution is -0.152. The smallest absolute Gasteiger partial charge is 0.316 e. The van der Waals surface area contributed by atoms with Crippen LogP contribution >= 0.6 is 0 Å². The Balaban J connectivity index is 4.54. The number of carboxylic acid groups (broad SMARTS) is 1. The third kappa shape index (κ3) is 4.29. The van der Waals surface area contributed by atoms with E-state index in [1.165, 1.54) is 7.05 Å². The molecule has 0 heterocycles. The summed E-state index contributed by atoms with van der Waals surface area (Å²) in [7, 11) is 1.44. The zero-order chi connectivity index (χ0) is 12.9. The predicted octanol–water partition coefficient (Wildman–Crippen LogP) is -0.405. The maximum absolute atomic E-state index is 11.6. The van der Waals surface area contributed by atoms with Crippen LogP contribution in [-0.2, 0) is 14.4 Å². The van der Waals surface area contributed by atoms with E-state index in [4.69, 9.17) is 5.11 Å². The monoisotopic (exact) mass is 230 g/mol. The highest BCUT2D eigenvalue weighted by Gasteiger charge is 2.37. The summed E-state index contributed by atoms with van der Waals surface area (Å²) in [6.07, 6.45) is 0. The van der Waals surface area contributed by atoms with Gasteiger partial charge in [0.25, 0.3) is 0 Å². The van der Waals surface area contributed by atoms with Crippen LogP contribution < -0.4 is 10.6 Å². The topological polar surface area (TPSA) is 95.5 Å². The molecule has 0 fully saturated rings. The fraction of sp³-hybridized carbons (Fsp3) is 0.700. The van der Waals surface area contributed by atoms with E-state index in [0.717, 1.165) is 0 Å². The van der Waals surface area contributed by atoms with Crippen LogP contribution in [0.15, 0.2) is 0 Å². The van der Waals surface area contributed by atoms with Gasteiger partial charge < -0.3 is 15.7 Å². The summed E-state index contributed by atoms with van der Waals surface area (Å²) >= 11 is 0. The van der Waals surface area contributed by atoms with Gasteiger partial charge in [0, 0.05) is 7.05 Å². The quantitative estimate of drug-likeness (QED) is 0.572. The van der Waals surface area contributed by atoms with Gasteiger partial charge in [-0.15, -0.1) is 0 Å².